The number of carboxylic acid groups (broad SMARTS) is 1. The van der Waals surface area contributed by atoms with E-state index in [9.17, 15) is 29.1 Å². The number of likely N-dealkylation sites (tertiary alicyclic amines) is 2. The van der Waals surface area contributed by atoms with E-state index in [0.29, 0.717) is 90.0 Å². The van der Waals surface area contributed by atoms with Gasteiger partial charge in [0.2, 0.25) is 11.8 Å². The van der Waals surface area contributed by atoms with Gasteiger partial charge in [-0.25, -0.2) is 9.59 Å². The summed E-state index contributed by atoms with van der Waals surface area (Å²) in [6, 6.07) is 15.1. The van der Waals surface area contributed by atoms with Crippen LogP contribution in [0.2, 0.25) is 0 Å². The monoisotopic (exact) mass is 816 g/mol. The van der Waals surface area contributed by atoms with Gasteiger partial charge < -0.3 is 40.3 Å². The minimum atomic E-state index is -1.02. The molecule has 16 heteroatoms. The number of aromatic amines is 2. The molecule has 5 amide bonds. The van der Waals surface area contributed by atoms with Crippen molar-refractivity contribution in [2.75, 3.05) is 57.3 Å². The van der Waals surface area contributed by atoms with Crippen molar-refractivity contribution in [2.24, 2.45) is 5.92 Å². The Bertz CT molecular complexity index is 2390. The van der Waals surface area contributed by atoms with Gasteiger partial charge in [-0.15, -0.1) is 0 Å². The quantitative estimate of drug-likeness (QED) is 0.137. The zero-order valence-electron chi connectivity index (χ0n) is 33.8. The molecule has 5 N–H and O–H groups in total. The number of carbonyl (C=O) groups is 4. The number of benzene rings is 2. The summed E-state index contributed by atoms with van der Waals surface area (Å²) < 4.78 is 0. The lowest BCUT2D eigenvalue weighted by atomic mass is 9.89. The van der Waals surface area contributed by atoms with Crippen LogP contribution in [0.25, 0.3) is 21.8 Å². The maximum atomic E-state index is 14.6. The number of nitrogens with one attached hydrogen (secondary N) is 4. The van der Waals surface area contributed by atoms with Crippen LogP contribution in [0.3, 0.4) is 0 Å². The molecule has 2 atom stereocenters. The van der Waals surface area contributed by atoms with Crippen LogP contribution in [-0.2, 0) is 16.0 Å². The summed E-state index contributed by atoms with van der Waals surface area (Å²) in [7, 11) is 0. The number of piperazine rings is 1. The first-order chi connectivity index (χ1) is 29.1. The Labute approximate surface area is 347 Å². The fraction of sp³-hybridized carbons (Fsp3) is 0.432. The predicted molar refractivity (Wildman–Crippen MR) is 227 cm³/mol. The van der Waals surface area contributed by atoms with Gasteiger partial charge in [-0.05, 0) is 97.7 Å². The Balaban J connectivity index is 0.993. The van der Waals surface area contributed by atoms with Crippen LogP contribution in [0.4, 0.5) is 15.3 Å². The molecule has 60 heavy (non-hydrogen) atoms. The number of nitrogens with zero attached hydrogens (tertiary/aromatic N) is 6. The molecule has 314 valence electrons. The number of amides is 5. The third kappa shape index (κ3) is 9.06. The fourth-order valence-electron chi connectivity index (χ4n) is 9.12. The second kappa shape index (κ2) is 17.8. The number of hydrogen-bond acceptors (Lipinski definition) is 8. The molecule has 5 aromatic rings. The van der Waals surface area contributed by atoms with Crippen LogP contribution in [-0.4, -0.2) is 128 Å². The summed E-state index contributed by atoms with van der Waals surface area (Å²) in [6.07, 6.45) is 7.11. The summed E-state index contributed by atoms with van der Waals surface area (Å²) in [5.41, 5.74) is 5.06. The molecule has 0 unspecified atom stereocenters. The second-order valence-electron chi connectivity index (χ2n) is 16.4. The Morgan fingerprint density at radius 1 is 0.817 bits per heavy atom. The molecule has 16 nitrogen and oxygen atoms in total. The van der Waals surface area contributed by atoms with Gasteiger partial charge in [0.1, 0.15) is 12.1 Å². The maximum absolute atomic E-state index is 14.6. The average Bonchev–Trinajstić information content (AvgIpc) is 3.75. The molecule has 0 aliphatic carbocycles. The number of hydrogen-bond donors (Lipinski definition) is 5. The molecule has 0 radical (unpaired) electrons. The van der Waals surface area contributed by atoms with E-state index in [-0.39, 0.29) is 29.7 Å². The largest absolute Gasteiger partial charge is 0.465 e. The van der Waals surface area contributed by atoms with E-state index in [1.165, 1.54) is 4.90 Å². The topological polar surface area (TPSA) is 200 Å². The molecule has 0 bridgehead atoms. The van der Waals surface area contributed by atoms with Crippen LogP contribution in [0.5, 0.6) is 0 Å². The van der Waals surface area contributed by atoms with Gasteiger partial charge in [-0.1, -0.05) is 24.3 Å². The molecule has 3 saturated heterocycles. The Morgan fingerprint density at radius 3 is 2.27 bits per heavy atom. The predicted octanol–water partition coefficient (Wildman–Crippen LogP) is 4.22. The third-order valence-corrected chi connectivity index (χ3v) is 12.6. The van der Waals surface area contributed by atoms with Crippen molar-refractivity contribution in [1.82, 2.24) is 45.5 Å². The first kappa shape index (κ1) is 40.3. The molecule has 3 fully saturated rings. The van der Waals surface area contributed by atoms with Gasteiger partial charge in [0.25, 0.3) is 5.56 Å². The van der Waals surface area contributed by atoms with Gasteiger partial charge in [-0.2, -0.15) is 5.10 Å². The van der Waals surface area contributed by atoms with E-state index in [1.54, 1.807) is 28.4 Å². The minimum absolute atomic E-state index is 0.0169. The first-order valence-corrected chi connectivity index (χ1v) is 20.9. The first-order valence-electron chi connectivity index (χ1n) is 20.9. The van der Waals surface area contributed by atoms with E-state index in [0.717, 1.165) is 38.6 Å². The van der Waals surface area contributed by atoms with Crippen LogP contribution in [0, 0.1) is 12.8 Å². The van der Waals surface area contributed by atoms with Crippen molar-refractivity contribution in [3.63, 3.8) is 0 Å². The van der Waals surface area contributed by atoms with E-state index >= 15 is 0 Å². The molecular formula is C44H52N10O6. The van der Waals surface area contributed by atoms with Crippen LogP contribution in [0.15, 0.2) is 78.0 Å². The number of fused-ring (bicyclic) bond motifs is 2. The van der Waals surface area contributed by atoms with Gasteiger partial charge in [0.15, 0.2) is 0 Å². The molecular weight excluding hydrogens is 765 g/mol. The number of rotatable bonds is 10. The van der Waals surface area contributed by atoms with Crippen molar-refractivity contribution in [3.05, 3.63) is 100 Å². The molecule has 3 aliphatic rings. The normalized spacial score (nSPS) is 17.8. The molecule has 8 rings (SSSR count). The van der Waals surface area contributed by atoms with Crippen LogP contribution < -0.4 is 21.1 Å². The van der Waals surface area contributed by atoms with Crippen molar-refractivity contribution in [1.29, 1.82) is 0 Å². The zero-order chi connectivity index (χ0) is 41.8. The molecule has 2 aromatic carbocycles. The second-order valence-corrected chi connectivity index (χ2v) is 16.4. The number of carbonyl (C=O) groups excluding carboxylic acids is 3. The smallest absolute Gasteiger partial charge is 0.407 e. The molecule has 3 aliphatic heterocycles. The summed E-state index contributed by atoms with van der Waals surface area (Å²) in [5, 5.41) is 24.7. The van der Waals surface area contributed by atoms with Crippen molar-refractivity contribution < 1.29 is 24.3 Å². The van der Waals surface area contributed by atoms with Gasteiger partial charge in [0.05, 0.1) is 11.7 Å². The number of urea groups is 1. The Morgan fingerprint density at radius 2 is 1.53 bits per heavy atom. The number of anilines is 1. The number of H-pyrrole nitrogens is 2. The lowest BCUT2D eigenvalue weighted by Crippen LogP contribution is -2.59. The van der Waals surface area contributed by atoms with Crippen molar-refractivity contribution in [3.8, 4) is 0 Å². The minimum Gasteiger partial charge on any atom is -0.465 e. The van der Waals surface area contributed by atoms with Crippen LogP contribution in [0.1, 0.15) is 54.7 Å². The van der Waals surface area contributed by atoms with Crippen molar-refractivity contribution in [2.45, 2.75) is 63.5 Å². The van der Waals surface area contributed by atoms with Gasteiger partial charge in [-0.3, -0.25) is 24.5 Å². The number of aryl methyl sites for hydroxylation is 1. The molecule has 6 heterocycles. The highest BCUT2D eigenvalue weighted by Crippen LogP contribution is 2.28. The SMILES string of the molecule is Cc1cc(C[C@@H](NC(=O)N2CCC(c3cc4ccccc4[nH]c3=O)CC2)C(=O)N[C@@H](CC2CCN(C(=O)O)CC2)C(=O)N2CCN(c3ccncc3)CC2)cc2cn[nH]c12. The van der Waals surface area contributed by atoms with Gasteiger partial charge >= 0.3 is 12.1 Å². The maximum Gasteiger partial charge on any atom is 0.407 e. The number of aromatic nitrogens is 4. The van der Waals surface area contributed by atoms with E-state index in [2.05, 4.69) is 35.7 Å². The number of pyridine rings is 2. The van der Waals surface area contributed by atoms with Gasteiger partial charge in [0, 0.05) is 93.3 Å². The lowest BCUT2D eigenvalue weighted by molar-refractivity contribution is -0.137. The highest BCUT2D eigenvalue weighted by molar-refractivity contribution is 5.92. The molecule has 0 spiro atoms. The van der Waals surface area contributed by atoms with E-state index in [4.69, 9.17) is 0 Å². The fourth-order valence-corrected chi connectivity index (χ4v) is 9.12. The zero-order valence-corrected chi connectivity index (χ0v) is 33.8. The highest BCUT2D eigenvalue weighted by atomic mass is 16.4. The molecule has 0 saturated carbocycles. The average molecular weight is 817 g/mol. The third-order valence-electron chi connectivity index (χ3n) is 12.6. The summed E-state index contributed by atoms with van der Waals surface area (Å²) in [4.78, 5) is 82.0. The number of piperidine rings is 2. The molecule has 3 aromatic heterocycles. The Hall–Kier alpha value is -6.45. The summed E-state index contributed by atoms with van der Waals surface area (Å²) >= 11 is 0. The van der Waals surface area contributed by atoms with Crippen molar-refractivity contribution >= 4 is 51.4 Å². The van der Waals surface area contributed by atoms with Crippen LogP contribution >= 0.6 is 0 Å². The highest BCUT2D eigenvalue weighted by Gasteiger charge is 2.35. The lowest BCUT2D eigenvalue weighted by Gasteiger charge is -2.39. The van der Waals surface area contributed by atoms with E-state index in [1.807, 2.05) is 61.5 Å². The summed E-state index contributed by atoms with van der Waals surface area (Å²) in [5.74, 6) is -0.664. The standard InChI is InChI=1S/C44H52N10O6/c1-28-22-30(23-33-27-46-50-39(28)33)25-37(49-43(58)53-16-10-31(11-17-53)35-26-32-4-2-3-5-36(32)47-40(35)55)41(56)48-38(24-29-8-14-54(15-9-29)44(59)60)42(57)52-20-18-51(19-21-52)34-6-12-45-13-7-34/h2-7,12-13,22-23,26-27,29,31,37-38H,8-11,14-21,24-25H2,1H3,(H,46,50)(H,47,55)(H,48,56)(H,49,58)(H,59,60)/t37-,38+/m1/s1. The Kier molecular flexibility index (Phi) is 12.0. The van der Waals surface area contributed by atoms with E-state index < -0.39 is 30.1 Å². The number of para-hydroxylation sites is 1. The summed E-state index contributed by atoms with van der Waals surface area (Å²) in [6.45, 7) is 5.66.